The predicted molar refractivity (Wildman–Crippen MR) is 85.5 cm³/mol. The van der Waals surface area contributed by atoms with Crippen LogP contribution in [0.4, 0.5) is 0 Å². The van der Waals surface area contributed by atoms with Gasteiger partial charge in [0.25, 0.3) is 0 Å². The van der Waals surface area contributed by atoms with Crippen LogP contribution in [0, 0.1) is 10.5 Å². The van der Waals surface area contributed by atoms with E-state index in [2.05, 4.69) is 27.6 Å². The van der Waals surface area contributed by atoms with E-state index in [1.165, 1.54) is 0 Å². The van der Waals surface area contributed by atoms with Crippen molar-refractivity contribution in [1.82, 2.24) is 9.55 Å². The van der Waals surface area contributed by atoms with Crippen LogP contribution in [0.3, 0.4) is 0 Å². The third-order valence-corrected chi connectivity index (χ3v) is 3.82. The first kappa shape index (κ1) is 13.1. The molecule has 0 aliphatic rings. The number of aromatic nitrogens is 2. The summed E-state index contributed by atoms with van der Waals surface area (Å²) in [4.78, 5) is 15.7. The first-order valence-corrected chi connectivity index (χ1v) is 7.13. The molecule has 5 heteroatoms. The predicted octanol–water partition coefficient (Wildman–Crippen LogP) is 3.64. The van der Waals surface area contributed by atoms with Crippen LogP contribution in [-0.2, 0) is 0 Å². The van der Waals surface area contributed by atoms with Gasteiger partial charge in [0, 0.05) is 9.26 Å². The number of nitrogens with zero attached hydrogens (tertiary/aromatic N) is 2. The summed E-state index contributed by atoms with van der Waals surface area (Å²) in [6, 6.07) is 13.2. The van der Waals surface area contributed by atoms with E-state index in [1.807, 2.05) is 41.8 Å². The van der Waals surface area contributed by atoms with Crippen LogP contribution < -0.4 is 0 Å². The van der Waals surface area contributed by atoms with Gasteiger partial charge in [0.2, 0.25) is 0 Å². The van der Waals surface area contributed by atoms with Crippen LogP contribution in [0.1, 0.15) is 16.2 Å². The molecule has 0 unspecified atom stereocenters. The molecule has 1 aromatic heterocycles. The Kier molecular flexibility index (Phi) is 3.21. The number of aromatic carboxylic acids is 1. The van der Waals surface area contributed by atoms with Gasteiger partial charge in [-0.2, -0.15) is 0 Å². The molecule has 0 aliphatic heterocycles. The van der Waals surface area contributed by atoms with Crippen molar-refractivity contribution in [3.8, 4) is 5.69 Å². The Labute approximate surface area is 129 Å². The molecular weight excluding hydrogens is 367 g/mol. The quantitative estimate of drug-likeness (QED) is 0.693. The zero-order chi connectivity index (χ0) is 14.3. The highest BCUT2D eigenvalue weighted by atomic mass is 127. The number of carbonyl (C=O) groups is 1. The van der Waals surface area contributed by atoms with Crippen molar-refractivity contribution in [2.75, 3.05) is 0 Å². The minimum absolute atomic E-state index is 0.231. The molecule has 2 aromatic carbocycles. The molecule has 1 heterocycles. The van der Waals surface area contributed by atoms with Crippen LogP contribution in [0.5, 0.6) is 0 Å². The molecule has 0 saturated carbocycles. The highest BCUT2D eigenvalue weighted by Crippen LogP contribution is 2.24. The van der Waals surface area contributed by atoms with Gasteiger partial charge in [-0.3, -0.25) is 4.57 Å². The monoisotopic (exact) mass is 378 g/mol. The summed E-state index contributed by atoms with van der Waals surface area (Å²) in [5.74, 6) is -0.182. The van der Waals surface area contributed by atoms with E-state index < -0.39 is 5.97 Å². The zero-order valence-electron chi connectivity index (χ0n) is 10.7. The van der Waals surface area contributed by atoms with Crippen LogP contribution in [0.25, 0.3) is 16.7 Å². The minimum atomic E-state index is -0.956. The number of hydrogen-bond acceptors (Lipinski definition) is 2. The zero-order valence-corrected chi connectivity index (χ0v) is 12.8. The van der Waals surface area contributed by atoms with Gasteiger partial charge in [0.1, 0.15) is 11.3 Å². The van der Waals surface area contributed by atoms with Crippen molar-refractivity contribution >= 4 is 39.6 Å². The third kappa shape index (κ3) is 2.07. The number of benzene rings is 2. The minimum Gasteiger partial charge on any atom is -0.478 e. The molecule has 20 heavy (non-hydrogen) atoms. The smallest absolute Gasteiger partial charge is 0.337 e. The molecule has 0 saturated heterocycles. The van der Waals surface area contributed by atoms with E-state index >= 15 is 0 Å². The number of rotatable bonds is 2. The second-order valence-electron chi connectivity index (χ2n) is 4.45. The molecule has 0 radical (unpaired) electrons. The topological polar surface area (TPSA) is 55.1 Å². The van der Waals surface area contributed by atoms with Crippen molar-refractivity contribution in [2.45, 2.75) is 6.92 Å². The highest BCUT2D eigenvalue weighted by molar-refractivity contribution is 14.1. The lowest BCUT2D eigenvalue weighted by Crippen LogP contribution is -1.98. The fourth-order valence-corrected chi connectivity index (χ4v) is 2.86. The van der Waals surface area contributed by atoms with Crippen molar-refractivity contribution < 1.29 is 9.90 Å². The number of hydrogen-bond donors (Lipinski definition) is 1. The van der Waals surface area contributed by atoms with Gasteiger partial charge >= 0.3 is 5.97 Å². The highest BCUT2D eigenvalue weighted by Gasteiger charge is 2.15. The van der Waals surface area contributed by atoms with E-state index in [0.29, 0.717) is 5.52 Å². The SMILES string of the molecule is Cc1nc2c(C(=O)O)cccc2n1-c1cccc(I)c1. The Morgan fingerprint density at radius 3 is 2.70 bits per heavy atom. The van der Waals surface area contributed by atoms with Gasteiger partial charge in [0.15, 0.2) is 0 Å². The van der Waals surface area contributed by atoms with Gasteiger partial charge in [0.05, 0.1) is 11.1 Å². The van der Waals surface area contributed by atoms with Crippen LogP contribution in [0.2, 0.25) is 0 Å². The Morgan fingerprint density at radius 1 is 1.25 bits per heavy atom. The molecule has 100 valence electrons. The molecule has 0 aliphatic carbocycles. The van der Waals surface area contributed by atoms with Crippen molar-refractivity contribution in [1.29, 1.82) is 0 Å². The summed E-state index contributed by atoms with van der Waals surface area (Å²) in [5, 5.41) is 9.25. The normalized spacial score (nSPS) is 10.9. The summed E-state index contributed by atoms with van der Waals surface area (Å²) in [5.41, 5.74) is 2.55. The van der Waals surface area contributed by atoms with E-state index in [1.54, 1.807) is 12.1 Å². The number of carboxylic acids is 1. The maximum Gasteiger partial charge on any atom is 0.337 e. The van der Waals surface area contributed by atoms with E-state index in [4.69, 9.17) is 0 Å². The Bertz CT molecular complexity index is 824. The number of halogens is 1. The molecule has 0 bridgehead atoms. The first-order chi connectivity index (χ1) is 9.58. The third-order valence-electron chi connectivity index (χ3n) is 3.15. The number of para-hydroxylation sites is 1. The van der Waals surface area contributed by atoms with E-state index in [-0.39, 0.29) is 5.56 Å². The number of aryl methyl sites for hydroxylation is 1. The molecule has 4 nitrogen and oxygen atoms in total. The number of imidazole rings is 1. The van der Waals surface area contributed by atoms with Gasteiger partial charge in [-0.05, 0) is 59.8 Å². The van der Waals surface area contributed by atoms with Crippen molar-refractivity contribution in [3.05, 3.63) is 57.4 Å². The molecular formula is C15H11IN2O2. The van der Waals surface area contributed by atoms with Crippen molar-refractivity contribution in [2.24, 2.45) is 0 Å². The molecule has 0 fully saturated rings. The lowest BCUT2D eigenvalue weighted by Gasteiger charge is -2.07. The fourth-order valence-electron chi connectivity index (χ4n) is 2.33. The number of carboxylic acid groups (broad SMARTS) is 1. The lowest BCUT2D eigenvalue weighted by atomic mass is 10.2. The average Bonchev–Trinajstić information content (AvgIpc) is 2.74. The van der Waals surface area contributed by atoms with Crippen molar-refractivity contribution in [3.63, 3.8) is 0 Å². The summed E-state index contributed by atoms with van der Waals surface area (Å²) in [7, 11) is 0. The number of fused-ring (bicyclic) bond motifs is 1. The maximum absolute atomic E-state index is 11.3. The van der Waals surface area contributed by atoms with Gasteiger partial charge in [-0.25, -0.2) is 9.78 Å². The molecule has 1 N–H and O–H groups in total. The van der Waals surface area contributed by atoms with E-state index in [9.17, 15) is 9.90 Å². The molecule has 0 atom stereocenters. The summed E-state index contributed by atoms with van der Waals surface area (Å²) in [6.07, 6.45) is 0. The summed E-state index contributed by atoms with van der Waals surface area (Å²) in [6.45, 7) is 1.88. The van der Waals surface area contributed by atoms with Crippen LogP contribution in [-0.4, -0.2) is 20.6 Å². The largest absolute Gasteiger partial charge is 0.478 e. The maximum atomic E-state index is 11.3. The van der Waals surface area contributed by atoms with Crippen LogP contribution >= 0.6 is 22.6 Å². The molecule has 0 spiro atoms. The average molecular weight is 378 g/mol. The Balaban J connectivity index is 2.35. The van der Waals surface area contributed by atoms with Gasteiger partial charge < -0.3 is 5.11 Å². The second kappa shape index (κ2) is 4.90. The second-order valence-corrected chi connectivity index (χ2v) is 5.70. The summed E-state index contributed by atoms with van der Waals surface area (Å²) < 4.78 is 3.10. The molecule has 3 rings (SSSR count). The summed E-state index contributed by atoms with van der Waals surface area (Å²) >= 11 is 2.26. The first-order valence-electron chi connectivity index (χ1n) is 6.05. The molecule has 0 amide bonds. The van der Waals surface area contributed by atoms with Crippen LogP contribution in [0.15, 0.2) is 42.5 Å². The lowest BCUT2D eigenvalue weighted by molar-refractivity contribution is 0.0699. The van der Waals surface area contributed by atoms with Gasteiger partial charge in [-0.1, -0.05) is 12.1 Å². The van der Waals surface area contributed by atoms with E-state index in [0.717, 1.165) is 20.6 Å². The Hall–Kier alpha value is -1.89. The Morgan fingerprint density at radius 2 is 2.00 bits per heavy atom. The van der Waals surface area contributed by atoms with Gasteiger partial charge in [-0.15, -0.1) is 0 Å². The molecule has 3 aromatic rings. The standard InChI is InChI=1S/C15H11IN2O2/c1-9-17-14-12(15(19)20)6-3-7-13(14)18(9)11-5-2-4-10(16)8-11/h2-8H,1H3,(H,19,20). The fraction of sp³-hybridized carbons (Fsp3) is 0.0667.